The Balaban J connectivity index is 1.90. The van der Waals surface area contributed by atoms with E-state index in [2.05, 4.69) is 10.3 Å². The Morgan fingerprint density at radius 3 is 2.70 bits per heavy atom. The first-order chi connectivity index (χ1) is 11.0. The Bertz CT molecular complexity index is 846. The van der Waals surface area contributed by atoms with Gasteiger partial charge >= 0.3 is 0 Å². The van der Waals surface area contributed by atoms with E-state index in [4.69, 9.17) is 11.6 Å². The molecule has 0 aliphatic heterocycles. The van der Waals surface area contributed by atoms with Gasteiger partial charge in [-0.05, 0) is 49.4 Å². The highest BCUT2D eigenvalue weighted by Crippen LogP contribution is 2.32. The van der Waals surface area contributed by atoms with Gasteiger partial charge in [0.15, 0.2) is 0 Å². The average Bonchev–Trinajstić information content (AvgIpc) is 3.11. The van der Waals surface area contributed by atoms with E-state index in [-0.39, 0.29) is 5.91 Å². The van der Waals surface area contributed by atoms with Crippen LogP contribution in [0.25, 0.3) is 10.6 Å². The second-order valence-corrected chi connectivity index (χ2v) is 7.52. The molecule has 0 spiro atoms. The van der Waals surface area contributed by atoms with Crippen LogP contribution in [-0.2, 0) is 0 Å². The van der Waals surface area contributed by atoms with Crippen LogP contribution in [0, 0.1) is 20.8 Å². The molecule has 1 amide bonds. The molecule has 3 rings (SSSR count). The number of benzene rings is 1. The van der Waals surface area contributed by atoms with Crippen LogP contribution in [-0.4, -0.2) is 10.9 Å². The maximum atomic E-state index is 12.6. The molecular weight excluding hydrogens is 348 g/mol. The fourth-order valence-corrected chi connectivity index (χ4v) is 4.40. The fourth-order valence-electron chi connectivity index (χ4n) is 2.36. The van der Waals surface area contributed by atoms with E-state index in [1.54, 1.807) is 11.3 Å². The van der Waals surface area contributed by atoms with Gasteiger partial charge in [-0.2, -0.15) is 11.3 Å². The summed E-state index contributed by atoms with van der Waals surface area (Å²) in [5.74, 6) is -0.171. The molecule has 0 radical (unpaired) electrons. The van der Waals surface area contributed by atoms with Gasteiger partial charge in [-0.25, -0.2) is 4.98 Å². The third-order valence-corrected chi connectivity index (χ3v) is 5.63. The van der Waals surface area contributed by atoms with Gasteiger partial charge in [0.1, 0.15) is 9.88 Å². The lowest BCUT2D eigenvalue weighted by Gasteiger charge is -2.11. The normalized spacial score (nSPS) is 10.8. The van der Waals surface area contributed by atoms with E-state index in [0.29, 0.717) is 15.6 Å². The standard InChI is InChI=1S/C17H15ClN2OS2/c1-9-6-10(2)14(13(18)7-9)20-16(21)15-11(3)19-17(23-15)12-4-5-22-8-12/h4-8H,1-3H3,(H,20,21). The molecule has 0 aliphatic rings. The van der Waals surface area contributed by atoms with E-state index in [9.17, 15) is 4.79 Å². The Labute approximate surface area is 148 Å². The van der Waals surface area contributed by atoms with Crippen molar-refractivity contribution in [3.8, 4) is 10.6 Å². The number of hydrogen-bond acceptors (Lipinski definition) is 4. The zero-order valence-electron chi connectivity index (χ0n) is 12.9. The summed E-state index contributed by atoms with van der Waals surface area (Å²) >= 11 is 9.28. The molecule has 0 unspecified atom stereocenters. The lowest BCUT2D eigenvalue weighted by molar-refractivity contribution is 0.102. The molecule has 1 aromatic carbocycles. The number of anilines is 1. The largest absolute Gasteiger partial charge is 0.320 e. The number of carbonyl (C=O) groups excluding carboxylic acids is 1. The van der Waals surface area contributed by atoms with Crippen LogP contribution in [0.5, 0.6) is 0 Å². The molecule has 118 valence electrons. The van der Waals surface area contributed by atoms with Gasteiger partial charge in [-0.3, -0.25) is 4.79 Å². The highest BCUT2D eigenvalue weighted by atomic mass is 35.5. The quantitative estimate of drug-likeness (QED) is 0.649. The highest BCUT2D eigenvalue weighted by molar-refractivity contribution is 7.17. The first-order valence-electron chi connectivity index (χ1n) is 7.04. The third-order valence-electron chi connectivity index (χ3n) is 3.44. The van der Waals surface area contributed by atoms with Gasteiger partial charge < -0.3 is 5.32 Å². The van der Waals surface area contributed by atoms with Crippen LogP contribution < -0.4 is 5.32 Å². The number of thiazole rings is 1. The summed E-state index contributed by atoms with van der Waals surface area (Å²) < 4.78 is 0. The van der Waals surface area contributed by atoms with Gasteiger partial charge in [-0.15, -0.1) is 11.3 Å². The minimum Gasteiger partial charge on any atom is -0.320 e. The zero-order chi connectivity index (χ0) is 16.6. The number of hydrogen-bond donors (Lipinski definition) is 1. The first-order valence-corrected chi connectivity index (χ1v) is 9.17. The Morgan fingerprint density at radius 1 is 1.26 bits per heavy atom. The van der Waals surface area contributed by atoms with Crippen LogP contribution in [0.1, 0.15) is 26.5 Å². The Morgan fingerprint density at radius 2 is 2.04 bits per heavy atom. The number of nitrogens with one attached hydrogen (secondary N) is 1. The van der Waals surface area contributed by atoms with Crippen molar-refractivity contribution in [2.45, 2.75) is 20.8 Å². The Kier molecular flexibility index (Phi) is 4.53. The van der Waals surface area contributed by atoms with Crippen molar-refractivity contribution >= 4 is 45.9 Å². The highest BCUT2D eigenvalue weighted by Gasteiger charge is 2.18. The van der Waals surface area contributed by atoms with Crippen molar-refractivity contribution in [2.24, 2.45) is 0 Å². The monoisotopic (exact) mass is 362 g/mol. The number of rotatable bonds is 3. The van der Waals surface area contributed by atoms with E-state index in [1.807, 2.05) is 49.7 Å². The number of aromatic nitrogens is 1. The lowest BCUT2D eigenvalue weighted by Crippen LogP contribution is -2.13. The molecule has 6 heteroatoms. The van der Waals surface area contributed by atoms with Crippen molar-refractivity contribution in [1.29, 1.82) is 0 Å². The summed E-state index contributed by atoms with van der Waals surface area (Å²) in [5.41, 5.74) is 4.45. The third kappa shape index (κ3) is 3.32. The molecule has 3 nitrogen and oxygen atoms in total. The molecule has 1 N–H and O–H groups in total. The number of amides is 1. The molecule has 0 fully saturated rings. The molecule has 3 aromatic rings. The second kappa shape index (κ2) is 6.43. The molecule has 0 aliphatic carbocycles. The summed E-state index contributed by atoms with van der Waals surface area (Å²) in [5, 5.41) is 8.37. The summed E-state index contributed by atoms with van der Waals surface area (Å²) in [6.07, 6.45) is 0. The van der Waals surface area contributed by atoms with Gasteiger partial charge in [0.2, 0.25) is 0 Å². The molecular formula is C17H15ClN2OS2. The van der Waals surface area contributed by atoms with Crippen molar-refractivity contribution in [3.05, 3.63) is 55.7 Å². The predicted octanol–water partition coefficient (Wildman–Crippen LogP) is 5.70. The first kappa shape index (κ1) is 16.2. The summed E-state index contributed by atoms with van der Waals surface area (Å²) in [6, 6.07) is 5.85. The van der Waals surface area contributed by atoms with Crippen molar-refractivity contribution in [2.75, 3.05) is 5.32 Å². The molecule has 2 heterocycles. The number of aryl methyl sites for hydroxylation is 3. The maximum Gasteiger partial charge on any atom is 0.267 e. The maximum absolute atomic E-state index is 12.6. The lowest BCUT2D eigenvalue weighted by atomic mass is 10.1. The van der Waals surface area contributed by atoms with Gasteiger partial charge in [0, 0.05) is 10.9 Å². The number of thiophene rings is 1. The molecule has 0 saturated heterocycles. The van der Waals surface area contributed by atoms with Gasteiger partial charge in [-0.1, -0.05) is 17.7 Å². The molecule has 2 aromatic heterocycles. The molecule has 0 saturated carbocycles. The molecule has 23 heavy (non-hydrogen) atoms. The number of carbonyl (C=O) groups is 1. The van der Waals surface area contributed by atoms with E-state index < -0.39 is 0 Å². The summed E-state index contributed by atoms with van der Waals surface area (Å²) in [7, 11) is 0. The van der Waals surface area contributed by atoms with E-state index in [0.717, 1.165) is 27.4 Å². The predicted molar refractivity (Wildman–Crippen MR) is 99.0 cm³/mol. The summed E-state index contributed by atoms with van der Waals surface area (Å²) in [4.78, 5) is 17.7. The van der Waals surface area contributed by atoms with E-state index >= 15 is 0 Å². The SMILES string of the molecule is Cc1cc(C)c(NC(=O)c2sc(-c3ccsc3)nc2C)c(Cl)c1. The van der Waals surface area contributed by atoms with Gasteiger partial charge in [0.05, 0.1) is 16.4 Å². The topological polar surface area (TPSA) is 42.0 Å². The molecule has 0 atom stereocenters. The molecule has 0 bridgehead atoms. The second-order valence-electron chi connectivity index (χ2n) is 5.34. The number of nitrogens with zero attached hydrogens (tertiary/aromatic N) is 1. The van der Waals surface area contributed by atoms with E-state index in [1.165, 1.54) is 11.3 Å². The minimum atomic E-state index is -0.171. The minimum absolute atomic E-state index is 0.171. The van der Waals surface area contributed by atoms with Crippen LogP contribution in [0.4, 0.5) is 5.69 Å². The number of halogens is 1. The van der Waals surface area contributed by atoms with Crippen molar-refractivity contribution in [3.63, 3.8) is 0 Å². The Hall–Kier alpha value is -1.69. The van der Waals surface area contributed by atoms with Crippen molar-refractivity contribution in [1.82, 2.24) is 4.98 Å². The average molecular weight is 363 g/mol. The fraction of sp³-hybridized carbons (Fsp3) is 0.176. The van der Waals surface area contributed by atoms with Gasteiger partial charge in [0.25, 0.3) is 5.91 Å². The van der Waals surface area contributed by atoms with Crippen LogP contribution >= 0.6 is 34.3 Å². The van der Waals surface area contributed by atoms with Crippen LogP contribution in [0.15, 0.2) is 29.0 Å². The van der Waals surface area contributed by atoms with Crippen LogP contribution in [0.2, 0.25) is 5.02 Å². The van der Waals surface area contributed by atoms with Crippen molar-refractivity contribution < 1.29 is 4.79 Å². The zero-order valence-corrected chi connectivity index (χ0v) is 15.3. The summed E-state index contributed by atoms with van der Waals surface area (Å²) in [6.45, 7) is 5.76. The van der Waals surface area contributed by atoms with Crippen LogP contribution in [0.3, 0.4) is 0 Å². The smallest absolute Gasteiger partial charge is 0.267 e.